The maximum absolute atomic E-state index is 13.3. The van der Waals surface area contributed by atoms with E-state index in [4.69, 9.17) is 19.6 Å². The van der Waals surface area contributed by atoms with E-state index in [-0.39, 0.29) is 11.7 Å². The first-order valence-electron chi connectivity index (χ1n) is 10.0. The highest BCUT2D eigenvalue weighted by molar-refractivity contribution is 7.89. The summed E-state index contributed by atoms with van der Waals surface area (Å²) in [6, 6.07) is 18.8. The molecule has 0 saturated carbocycles. The zero-order valence-corrected chi connectivity index (χ0v) is 18.3. The van der Waals surface area contributed by atoms with E-state index in [1.54, 1.807) is 25.1 Å². The van der Waals surface area contributed by atoms with Crippen molar-refractivity contribution < 1.29 is 22.7 Å². The van der Waals surface area contributed by atoms with Crippen molar-refractivity contribution in [2.24, 2.45) is 5.14 Å². The number of carbonyl (C=O) groups excluding carboxylic acids is 1. The summed E-state index contributed by atoms with van der Waals surface area (Å²) in [5.74, 6) is 0.872. The van der Waals surface area contributed by atoms with Gasteiger partial charge in [-0.15, -0.1) is 0 Å². The number of nitrogens with zero attached hydrogens (tertiary/aromatic N) is 1. The summed E-state index contributed by atoms with van der Waals surface area (Å²) < 4.78 is 34.3. The normalized spacial score (nSPS) is 12.7. The van der Waals surface area contributed by atoms with Crippen molar-refractivity contribution in [1.82, 2.24) is 4.98 Å². The molecule has 0 radical (unpaired) electrons. The second-order valence-electron chi connectivity index (χ2n) is 7.62. The van der Waals surface area contributed by atoms with E-state index >= 15 is 0 Å². The van der Waals surface area contributed by atoms with Crippen molar-refractivity contribution in [2.75, 3.05) is 12.1 Å². The lowest BCUT2D eigenvalue weighted by atomic mass is 10.0. The zero-order valence-electron chi connectivity index (χ0n) is 17.5. The van der Waals surface area contributed by atoms with Gasteiger partial charge >= 0.3 is 0 Å². The summed E-state index contributed by atoms with van der Waals surface area (Å²) in [7, 11) is -3.91. The van der Waals surface area contributed by atoms with Gasteiger partial charge in [-0.1, -0.05) is 24.3 Å². The molecule has 0 bridgehead atoms. The molecule has 0 saturated heterocycles. The summed E-state index contributed by atoms with van der Waals surface area (Å²) in [5.41, 5.74) is 3.46. The summed E-state index contributed by atoms with van der Waals surface area (Å²) in [4.78, 5) is 18.0. The van der Waals surface area contributed by atoms with Crippen LogP contribution in [0.3, 0.4) is 0 Å². The highest BCUT2D eigenvalue weighted by atomic mass is 32.2. The van der Waals surface area contributed by atoms with Crippen LogP contribution in [-0.2, 0) is 10.0 Å². The summed E-state index contributed by atoms with van der Waals surface area (Å²) >= 11 is 0. The number of primary sulfonamides is 1. The predicted molar refractivity (Wildman–Crippen MR) is 124 cm³/mol. The number of aryl methyl sites for hydroxylation is 1. The Morgan fingerprint density at radius 1 is 1.00 bits per heavy atom. The fourth-order valence-electron chi connectivity index (χ4n) is 3.67. The number of sulfonamides is 1. The third kappa shape index (κ3) is 3.99. The van der Waals surface area contributed by atoms with Crippen molar-refractivity contribution >= 4 is 32.5 Å². The minimum atomic E-state index is -3.91. The molecular formula is C24H19N3O5S. The Hall–Kier alpha value is -3.95. The van der Waals surface area contributed by atoms with Gasteiger partial charge in [-0.3, -0.25) is 4.79 Å². The smallest absolute Gasteiger partial charge is 0.256 e. The summed E-state index contributed by atoms with van der Waals surface area (Å²) in [6.07, 6.45) is 0. The number of anilines is 1. The van der Waals surface area contributed by atoms with E-state index < -0.39 is 15.9 Å². The number of benzene rings is 3. The first-order chi connectivity index (χ1) is 15.8. The van der Waals surface area contributed by atoms with Crippen LogP contribution in [0, 0.1) is 6.92 Å². The van der Waals surface area contributed by atoms with Crippen LogP contribution in [0.4, 0.5) is 5.69 Å². The second-order valence-corrected chi connectivity index (χ2v) is 9.18. The fraction of sp³-hybridized carbons (Fsp3) is 0.0833. The lowest BCUT2D eigenvalue weighted by molar-refractivity contribution is 0.102. The van der Waals surface area contributed by atoms with Crippen molar-refractivity contribution in [2.45, 2.75) is 11.8 Å². The number of aromatic nitrogens is 1. The Kier molecular flexibility index (Phi) is 4.99. The number of pyridine rings is 1. The van der Waals surface area contributed by atoms with Crippen molar-refractivity contribution in [3.8, 4) is 22.8 Å². The Morgan fingerprint density at radius 3 is 2.61 bits per heavy atom. The van der Waals surface area contributed by atoms with Crippen LogP contribution in [0.15, 0.2) is 71.6 Å². The molecule has 1 aliphatic rings. The number of fused-ring (bicyclic) bond motifs is 2. The molecule has 8 nitrogen and oxygen atoms in total. The van der Waals surface area contributed by atoms with Gasteiger partial charge in [0, 0.05) is 16.6 Å². The predicted octanol–water partition coefficient (Wildman–Crippen LogP) is 3.84. The SMILES string of the molecule is Cc1ccc(S(N)(=O)=O)cc1NC(=O)c1cc(-c2ccc3c(c2)OCO3)nc2ccccc12. The molecule has 0 spiro atoms. The monoisotopic (exact) mass is 461 g/mol. The average molecular weight is 461 g/mol. The van der Waals surface area contributed by atoms with E-state index in [1.165, 1.54) is 12.1 Å². The van der Waals surface area contributed by atoms with E-state index in [2.05, 4.69) is 5.32 Å². The van der Waals surface area contributed by atoms with Gasteiger partial charge in [0.1, 0.15) is 0 Å². The lowest BCUT2D eigenvalue weighted by Crippen LogP contribution is -2.16. The Bertz CT molecular complexity index is 1530. The standard InChI is InChI=1S/C24H19N3O5S/c1-14-6-8-16(33(25,29)30)11-20(14)27-24(28)18-12-21(26-19-5-3-2-4-17(18)19)15-7-9-22-23(10-15)32-13-31-22/h2-12H,13H2,1H3,(H,27,28)(H2,25,29,30). The molecule has 3 N–H and O–H groups in total. The van der Waals surface area contributed by atoms with Gasteiger partial charge in [0.2, 0.25) is 16.8 Å². The maximum Gasteiger partial charge on any atom is 0.256 e. The number of carbonyl (C=O) groups is 1. The molecule has 4 aromatic rings. The Labute approximate surface area is 190 Å². The summed E-state index contributed by atoms with van der Waals surface area (Å²) in [6.45, 7) is 1.93. The molecule has 2 heterocycles. The first-order valence-corrected chi connectivity index (χ1v) is 11.6. The van der Waals surface area contributed by atoms with Gasteiger partial charge < -0.3 is 14.8 Å². The van der Waals surface area contributed by atoms with E-state index in [1.807, 2.05) is 36.4 Å². The van der Waals surface area contributed by atoms with Gasteiger partial charge in [0.15, 0.2) is 11.5 Å². The molecule has 33 heavy (non-hydrogen) atoms. The summed E-state index contributed by atoms with van der Waals surface area (Å²) in [5, 5.41) is 8.73. The third-order valence-corrected chi connectivity index (χ3v) is 6.33. The van der Waals surface area contributed by atoms with Crippen LogP contribution >= 0.6 is 0 Å². The van der Waals surface area contributed by atoms with E-state index in [0.29, 0.717) is 44.9 Å². The molecule has 0 atom stereocenters. The second kappa shape index (κ2) is 7.88. The van der Waals surface area contributed by atoms with E-state index in [0.717, 1.165) is 5.56 Å². The first kappa shape index (κ1) is 20.9. The van der Waals surface area contributed by atoms with Gasteiger partial charge in [-0.2, -0.15) is 0 Å². The number of para-hydroxylation sites is 1. The zero-order chi connectivity index (χ0) is 23.2. The quantitative estimate of drug-likeness (QED) is 0.476. The molecule has 0 unspecified atom stereocenters. The Morgan fingerprint density at radius 2 is 1.79 bits per heavy atom. The van der Waals surface area contributed by atoms with Gasteiger partial charge in [-0.05, 0) is 55.0 Å². The third-order valence-electron chi connectivity index (χ3n) is 5.41. The fourth-order valence-corrected chi connectivity index (χ4v) is 4.21. The lowest BCUT2D eigenvalue weighted by Gasteiger charge is -2.13. The molecule has 1 aliphatic heterocycles. The molecular weight excluding hydrogens is 442 g/mol. The molecule has 3 aromatic carbocycles. The van der Waals surface area contributed by atoms with Crippen LogP contribution in [0.1, 0.15) is 15.9 Å². The van der Waals surface area contributed by atoms with Crippen molar-refractivity contribution in [3.05, 3.63) is 77.9 Å². The minimum Gasteiger partial charge on any atom is -0.454 e. The van der Waals surface area contributed by atoms with Crippen molar-refractivity contribution in [3.63, 3.8) is 0 Å². The maximum atomic E-state index is 13.3. The molecule has 5 rings (SSSR count). The average Bonchev–Trinajstić information content (AvgIpc) is 3.27. The minimum absolute atomic E-state index is 0.0796. The molecule has 1 aromatic heterocycles. The van der Waals surface area contributed by atoms with Gasteiger partial charge in [0.25, 0.3) is 5.91 Å². The number of amides is 1. The Balaban J connectivity index is 1.59. The topological polar surface area (TPSA) is 121 Å². The van der Waals surface area contributed by atoms with Crippen LogP contribution in [0.2, 0.25) is 0 Å². The number of hydrogen-bond donors (Lipinski definition) is 2. The number of ether oxygens (including phenoxy) is 2. The molecule has 166 valence electrons. The largest absolute Gasteiger partial charge is 0.454 e. The molecule has 1 amide bonds. The molecule has 9 heteroatoms. The van der Waals surface area contributed by atoms with Crippen LogP contribution in [0.25, 0.3) is 22.2 Å². The number of nitrogens with two attached hydrogens (primary N) is 1. The number of hydrogen-bond acceptors (Lipinski definition) is 6. The van der Waals surface area contributed by atoms with Crippen LogP contribution in [-0.4, -0.2) is 26.1 Å². The number of nitrogens with one attached hydrogen (secondary N) is 1. The van der Waals surface area contributed by atoms with Gasteiger partial charge in [0.05, 0.1) is 21.7 Å². The highest BCUT2D eigenvalue weighted by Gasteiger charge is 2.19. The molecule has 0 aliphatic carbocycles. The van der Waals surface area contributed by atoms with Crippen molar-refractivity contribution in [1.29, 1.82) is 0 Å². The number of rotatable bonds is 4. The highest BCUT2D eigenvalue weighted by Crippen LogP contribution is 2.36. The molecule has 0 fully saturated rings. The van der Waals surface area contributed by atoms with E-state index in [9.17, 15) is 13.2 Å². The van der Waals surface area contributed by atoms with Crippen LogP contribution in [0.5, 0.6) is 11.5 Å². The van der Waals surface area contributed by atoms with Crippen LogP contribution < -0.4 is 19.9 Å². The van der Waals surface area contributed by atoms with Gasteiger partial charge in [-0.25, -0.2) is 18.5 Å².